The number of benzene rings is 1. The molecule has 0 aliphatic rings. The molecule has 3 N–H and O–H groups in total. The lowest BCUT2D eigenvalue weighted by molar-refractivity contribution is -0.144. The molecule has 5 nitrogen and oxygen atoms in total. The molecular formula is C14H21NO4. The molecule has 5 heteroatoms. The molecule has 0 saturated heterocycles. The number of carbonyl (C=O) groups is 1. The van der Waals surface area contributed by atoms with Crippen molar-refractivity contribution in [1.82, 2.24) is 5.32 Å². The summed E-state index contributed by atoms with van der Waals surface area (Å²) in [6.07, 6.45) is 0.855. The van der Waals surface area contributed by atoms with Gasteiger partial charge < -0.3 is 20.3 Å². The number of hydrogen-bond acceptors (Lipinski definition) is 5. The second-order valence-electron chi connectivity index (χ2n) is 4.59. The molecule has 0 spiro atoms. The predicted octanol–water partition coefficient (Wildman–Crippen LogP) is 1.78. The third-order valence-electron chi connectivity index (χ3n) is 3.23. The van der Waals surface area contributed by atoms with E-state index < -0.39 is 0 Å². The monoisotopic (exact) mass is 267 g/mol. The number of methoxy groups -OCH3 is 1. The van der Waals surface area contributed by atoms with Crippen molar-refractivity contribution < 1.29 is 19.7 Å². The van der Waals surface area contributed by atoms with E-state index in [0.29, 0.717) is 6.54 Å². The van der Waals surface area contributed by atoms with E-state index in [-0.39, 0.29) is 29.4 Å². The van der Waals surface area contributed by atoms with Crippen LogP contribution in [-0.4, -0.2) is 29.3 Å². The maximum Gasteiger partial charge on any atom is 0.323 e. The van der Waals surface area contributed by atoms with Crippen molar-refractivity contribution in [2.45, 2.75) is 32.9 Å². The lowest BCUT2D eigenvalue weighted by Crippen LogP contribution is -2.42. The van der Waals surface area contributed by atoms with E-state index in [2.05, 4.69) is 5.32 Å². The first kappa shape index (κ1) is 15.3. The summed E-state index contributed by atoms with van der Waals surface area (Å²) in [5, 5.41) is 21.8. The maximum absolute atomic E-state index is 11.7. The summed E-state index contributed by atoms with van der Waals surface area (Å²) in [7, 11) is 1.37. The number of rotatable bonds is 6. The minimum absolute atomic E-state index is 0.151. The van der Waals surface area contributed by atoms with Crippen LogP contribution in [0.15, 0.2) is 18.2 Å². The van der Waals surface area contributed by atoms with Crippen LogP contribution in [0.25, 0.3) is 0 Å². The Morgan fingerprint density at radius 2 is 2.05 bits per heavy atom. The highest BCUT2D eigenvalue weighted by atomic mass is 16.5. The van der Waals surface area contributed by atoms with E-state index in [1.54, 1.807) is 6.07 Å². The van der Waals surface area contributed by atoms with Gasteiger partial charge in [-0.15, -0.1) is 0 Å². The molecule has 0 heterocycles. The number of hydrogen-bond donors (Lipinski definition) is 3. The van der Waals surface area contributed by atoms with Gasteiger partial charge in [0.05, 0.1) is 7.11 Å². The topological polar surface area (TPSA) is 78.8 Å². The summed E-state index contributed by atoms with van der Waals surface area (Å²) in [4.78, 5) is 11.7. The zero-order valence-electron chi connectivity index (χ0n) is 11.5. The Bertz CT molecular complexity index is 433. The van der Waals surface area contributed by atoms with Crippen molar-refractivity contribution in [3.05, 3.63) is 23.8 Å². The fraction of sp³-hybridized carbons (Fsp3) is 0.500. The fourth-order valence-electron chi connectivity index (χ4n) is 1.79. The van der Waals surface area contributed by atoms with Gasteiger partial charge in [-0.1, -0.05) is 26.3 Å². The summed E-state index contributed by atoms with van der Waals surface area (Å²) >= 11 is 0. The van der Waals surface area contributed by atoms with E-state index in [1.165, 1.54) is 19.2 Å². The van der Waals surface area contributed by atoms with Crippen LogP contribution in [0.4, 0.5) is 0 Å². The van der Waals surface area contributed by atoms with Gasteiger partial charge in [-0.3, -0.25) is 4.79 Å². The maximum atomic E-state index is 11.7. The van der Waals surface area contributed by atoms with E-state index >= 15 is 0 Å². The summed E-state index contributed by atoms with van der Waals surface area (Å²) in [5.41, 5.74) is 0.785. The molecule has 0 aliphatic carbocycles. The van der Waals surface area contributed by atoms with Crippen molar-refractivity contribution in [3.63, 3.8) is 0 Å². The van der Waals surface area contributed by atoms with E-state index in [4.69, 9.17) is 4.74 Å². The predicted molar refractivity (Wildman–Crippen MR) is 71.9 cm³/mol. The Morgan fingerprint density at radius 3 is 2.58 bits per heavy atom. The second-order valence-corrected chi connectivity index (χ2v) is 4.59. The normalized spacial score (nSPS) is 13.8. The lowest BCUT2D eigenvalue weighted by Gasteiger charge is -2.22. The molecule has 0 aromatic heterocycles. The summed E-state index contributed by atoms with van der Waals surface area (Å²) in [6, 6.07) is 4.19. The number of phenols is 2. The van der Waals surface area contributed by atoms with Crippen LogP contribution >= 0.6 is 0 Å². The van der Waals surface area contributed by atoms with Crippen molar-refractivity contribution >= 4 is 5.97 Å². The molecule has 1 rings (SSSR count). The smallest absolute Gasteiger partial charge is 0.323 e. The quantitative estimate of drug-likeness (QED) is 0.541. The third kappa shape index (κ3) is 4.13. The number of carbonyl (C=O) groups excluding carboxylic acids is 1. The Hall–Kier alpha value is -1.75. The van der Waals surface area contributed by atoms with E-state index in [1.807, 2.05) is 13.8 Å². The lowest BCUT2D eigenvalue weighted by atomic mass is 9.99. The molecule has 2 unspecified atom stereocenters. The van der Waals surface area contributed by atoms with Crippen LogP contribution in [0, 0.1) is 5.92 Å². The number of ether oxygens (including phenoxy) is 1. The van der Waals surface area contributed by atoms with Crippen LogP contribution in [0.3, 0.4) is 0 Å². The molecule has 19 heavy (non-hydrogen) atoms. The molecule has 0 saturated carbocycles. The Kier molecular flexibility index (Phi) is 5.63. The van der Waals surface area contributed by atoms with Gasteiger partial charge >= 0.3 is 5.97 Å². The standard InChI is InChI=1S/C14H21NO4/c1-4-9(2)13(14(18)19-3)15-8-10-5-6-11(16)12(17)7-10/h5-7,9,13,15-17H,4,8H2,1-3H3. The fourth-order valence-corrected chi connectivity index (χ4v) is 1.79. The first-order valence-corrected chi connectivity index (χ1v) is 6.31. The molecule has 1 aromatic rings. The Balaban J connectivity index is 2.70. The van der Waals surface area contributed by atoms with Gasteiger partial charge in [0.1, 0.15) is 6.04 Å². The molecule has 1 aromatic carbocycles. The first-order chi connectivity index (χ1) is 8.99. The molecular weight excluding hydrogens is 246 g/mol. The first-order valence-electron chi connectivity index (χ1n) is 6.31. The van der Waals surface area contributed by atoms with Crippen LogP contribution in [0.1, 0.15) is 25.8 Å². The van der Waals surface area contributed by atoms with Crippen molar-refractivity contribution in [3.8, 4) is 11.5 Å². The highest BCUT2D eigenvalue weighted by molar-refractivity contribution is 5.76. The summed E-state index contributed by atoms with van der Waals surface area (Å²) in [6.45, 7) is 4.40. The Morgan fingerprint density at radius 1 is 1.37 bits per heavy atom. The molecule has 0 radical (unpaired) electrons. The van der Waals surface area contributed by atoms with Crippen molar-refractivity contribution in [2.75, 3.05) is 7.11 Å². The minimum Gasteiger partial charge on any atom is -0.504 e. The molecule has 2 atom stereocenters. The van der Waals surface area contributed by atoms with Gasteiger partial charge in [-0.25, -0.2) is 0 Å². The number of nitrogens with one attached hydrogen (secondary N) is 1. The second kappa shape index (κ2) is 6.99. The summed E-state index contributed by atoms with van der Waals surface area (Å²) < 4.78 is 4.78. The van der Waals surface area contributed by atoms with Gasteiger partial charge in [0, 0.05) is 6.54 Å². The highest BCUT2D eigenvalue weighted by Gasteiger charge is 2.24. The molecule has 0 aliphatic heterocycles. The van der Waals surface area contributed by atoms with E-state index in [9.17, 15) is 15.0 Å². The summed E-state index contributed by atoms with van der Waals surface area (Å²) in [5.74, 6) is -0.469. The molecule has 0 bridgehead atoms. The highest BCUT2D eigenvalue weighted by Crippen LogP contribution is 2.24. The number of aromatic hydroxyl groups is 2. The number of phenolic OH excluding ortho intramolecular Hbond substituents is 2. The molecule has 0 fully saturated rings. The van der Waals surface area contributed by atoms with Crippen molar-refractivity contribution in [2.24, 2.45) is 5.92 Å². The van der Waals surface area contributed by atoms with Gasteiger partial charge in [0.15, 0.2) is 11.5 Å². The van der Waals surface area contributed by atoms with Gasteiger partial charge in [0.2, 0.25) is 0 Å². The average molecular weight is 267 g/mol. The van der Waals surface area contributed by atoms with Crippen molar-refractivity contribution in [1.29, 1.82) is 0 Å². The molecule has 106 valence electrons. The average Bonchev–Trinajstić information content (AvgIpc) is 2.42. The van der Waals surface area contributed by atoms with Gasteiger partial charge in [-0.05, 0) is 23.6 Å². The SMILES string of the molecule is CCC(C)C(NCc1ccc(O)c(O)c1)C(=O)OC. The molecule has 0 amide bonds. The number of esters is 1. The van der Waals surface area contributed by atoms with E-state index in [0.717, 1.165) is 12.0 Å². The van der Waals surface area contributed by atoms with Crippen LogP contribution < -0.4 is 5.32 Å². The van der Waals surface area contributed by atoms with Gasteiger partial charge in [-0.2, -0.15) is 0 Å². The zero-order chi connectivity index (χ0) is 14.4. The van der Waals surface area contributed by atoms with Crippen LogP contribution in [-0.2, 0) is 16.1 Å². The van der Waals surface area contributed by atoms with Gasteiger partial charge in [0.25, 0.3) is 0 Å². The zero-order valence-corrected chi connectivity index (χ0v) is 11.5. The minimum atomic E-state index is -0.383. The van der Waals surface area contributed by atoms with Crippen LogP contribution in [0.5, 0.6) is 11.5 Å². The largest absolute Gasteiger partial charge is 0.504 e. The van der Waals surface area contributed by atoms with Crippen LogP contribution in [0.2, 0.25) is 0 Å². The Labute approximate surface area is 113 Å². The third-order valence-corrected chi connectivity index (χ3v) is 3.23.